The van der Waals surface area contributed by atoms with Gasteiger partial charge in [0.1, 0.15) is 23.0 Å². The summed E-state index contributed by atoms with van der Waals surface area (Å²) in [6, 6.07) is 16.0. The van der Waals surface area contributed by atoms with Crippen LogP contribution in [0.4, 0.5) is 0 Å². The van der Waals surface area contributed by atoms with Crippen molar-refractivity contribution in [2.75, 3.05) is 6.61 Å². The van der Waals surface area contributed by atoms with Gasteiger partial charge in [-0.25, -0.2) is 4.79 Å². The maximum atomic E-state index is 12.7. The van der Waals surface area contributed by atoms with Crippen LogP contribution in [0.25, 0.3) is 10.8 Å². The lowest BCUT2D eigenvalue weighted by molar-refractivity contribution is -0.133. The molecule has 1 atom stereocenters. The van der Waals surface area contributed by atoms with Crippen molar-refractivity contribution in [3.63, 3.8) is 0 Å². The second-order valence-electron chi connectivity index (χ2n) is 6.00. The normalized spacial score (nSPS) is 15.6. The monoisotopic (exact) mass is 348 g/mol. The van der Waals surface area contributed by atoms with E-state index in [-0.39, 0.29) is 17.9 Å². The molecule has 26 heavy (non-hydrogen) atoms. The summed E-state index contributed by atoms with van der Waals surface area (Å²) in [5, 5.41) is 11.8. The number of carbonyl (C=O) groups is 2. The van der Waals surface area contributed by atoms with Crippen LogP contribution >= 0.6 is 0 Å². The average molecular weight is 348 g/mol. The molecule has 0 saturated carbocycles. The predicted molar refractivity (Wildman–Crippen MR) is 95.5 cm³/mol. The van der Waals surface area contributed by atoms with E-state index in [1.54, 1.807) is 43.3 Å². The molecule has 0 aliphatic carbocycles. The second-order valence-corrected chi connectivity index (χ2v) is 6.00. The first-order chi connectivity index (χ1) is 12.6. The van der Waals surface area contributed by atoms with Crippen molar-refractivity contribution in [3.05, 3.63) is 71.3 Å². The van der Waals surface area contributed by atoms with Gasteiger partial charge in [-0.1, -0.05) is 54.6 Å². The molecule has 0 fully saturated rings. The highest BCUT2D eigenvalue weighted by atomic mass is 16.5. The van der Waals surface area contributed by atoms with Crippen LogP contribution in [0.5, 0.6) is 11.5 Å². The molecule has 3 aromatic rings. The summed E-state index contributed by atoms with van der Waals surface area (Å²) in [6.07, 6.45) is 0. The molecule has 0 radical (unpaired) electrons. The third-order valence-electron chi connectivity index (χ3n) is 4.52. The molecule has 5 heteroatoms. The van der Waals surface area contributed by atoms with E-state index in [0.29, 0.717) is 27.6 Å². The van der Waals surface area contributed by atoms with E-state index in [0.717, 1.165) is 0 Å². The minimum Gasteiger partial charge on any atom is -0.506 e. The summed E-state index contributed by atoms with van der Waals surface area (Å²) in [4.78, 5) is 25.3. The first-order valence-corrected chi connectivity index (χ1v) is 8.34. The highest BCUT2D eigenvalue weighted by Gasteiger charge is 2.41. The van der Waals surface area contributed by atoms with Gasteiger partial charge in [0, 0.05) is 16.3 Å². The van der Waals surface area contributed by atoms with Crippen molar-refractivity contribution >= 4 is 22.7 Å². The molecule has 0 unspecified atom stereocenters. The van der Waals surface area contributed by atoms with Crippen molar-refractivity contribution in [2.45, 2.75) is 12.8 Å². The van der Waals surface area contributed by atoms with Crippen LogP contribution in [-0.4, -0.2) is 23.7 Å². The van der Waals surface area contributed by atoms with Gasteiger partial charge in [0.25, 0.3) is 0 Å². The number of hydrogen-bond donors (Lipinski definition) is 1. The van der Waals surface area contributed by atoms with Gasteiger partial charge in [-0.2, -0.15) is 0 Å². The number of benzene rings is 3. The lowest BCUT2D eigenvalue weighted by Gasteiger charge is -2.15. The van der Waals surface area contributed by atoms with Crippen LogP contribution < -0.4 is 4.74 Å². The molecular formula is C21H16O5. The number of rotatable bonds is 3. The molecule has 5 nitrogen and oxygen atoms in total. The summed E-state index contributed by atoms with van der Waals surface area (Å²) >= 11 is 0. The standard InChI is InChI=1S/C21H16O5/c1-2-25-20(23)17-16-15(12-8-4-3-5-9-12)21(24)26-19(16)14-11-7-6-10-13(14)18(17)22/h3-11,15,22H,2H2,1H3/t15-/m0/s1. The van der Waals surface area contributed by atoms with Gasteiger partial charge in [-0.15, -0.1) is 0 Å². The maximum Gasteiger partial charge on any atom is 0.342 e. The Morgan fingerprint density at radius 1 is 1.08 bits per heavy atom. The van der Waals surface area contributed by atoms with Crippen LogP contribution in [0, 0.1) is 0 Å². The number of fused-ring (bicyclic) bond motifs is 3. The summed E-state index contributed by atoms with van der Waals surface area (Å²) in [5.74, 6) is -1.84. The predicted octanol–water partition coefficient (Wildman–Crippen LogP) is 3.77. The average Bonchev–Trinajstić information content (AvgIpc) is 3.00. The highest BCUT2D eigenvalue weighted by molar-refractivity contribution is 6.10. The van der Waals surface area contributed by atoms with E-state index in [1.807, 2.05) is 18.2 Å². The fourth-order valence-electron chi connectivity index (χ4n) is 3.43. The SMILES string of the molecule is CCOC(=O)c1c2c(c3ccccc3c1O)OC(=O)[C@H]2c1ccccc1. The van der Waals surface area contributed by atoms with Gasteiger partial charge in [0.05, 0.1) is 6.61 Å². The van der Waals surface area contributed by atoms with Gasteiger partial charge < -0.3 is 14.6 Å². The molecule has 0 bridgehead atoms. The van der Waals surface area contributed by atoms with Crippen LogP contribution in [-0.2, 0) is 9.53 Å². The van der Waals surface area contributed by atoms with Gasteiger partial charge >= 0.3 is 11.9 Å². The van der Waals surface area contributed by atoms with Crippen LogP contribution in [0.1, 0.15) is 34.3 Å². The van der Waals surface area contributed by atoms with Crippen molar-refractivity contribution in [2.24, 2.45) is 0 Å². The first kappa shape index (κ1) is 16.1. The fraction of sp³-hybridized carbons (Fsp3) is 0.143. The van der Waals surface area contributed by atoms with Crippen LogP contribution in [0.3, 0.4) is 0 Å². The summed E-state index contributed by atoms with van der Waals surface area (Å²) in [6.45, 7) is 1.84. The van der Waals surface area contributed by atoms with Gasteiger partial charge in [0.15, 0.2) is 0 Å². The van der Waals surface area contributed by atoms with Crippen LogP contribution in [0.2, 0.25) is 0 Å². The number of carbonyl (C=O) groups excluding carboxylic acids is 2. The highest BCUT2D eigenvalue weighted by Crippen LogP contribution is 2.49. The number of hydrogen-bond acceptors (Lipinski definition) is 5. The number of phenols is 1. The zero-order valence-corrected chi connectivity index (χ0v) is 14.1. The third kappa shape index (κ3) is 2.32. The smallest absolute Gasteiger partial charge is 0.342 e. The van der Waals surface area contributed by atoms with Gasteiger partial charge in [-0.3, -0.25) is 4.79 Å². The topological polar surface area (TPSA) is 72.8 Å². The Morgan fingerprint density at radius 2 is 1.73 bits per heavy atom. The Hall–Kier alpha value is -3.34. The number of ether oxygens (including phenoxy) is 2. The molecule has 0 amide bonds. The third-order valence-corrected chi connectivity index (χ3v) is 4.52. The number of esters is 2. The van der Waals surface area contributed by atoms with E-state index in [9.17, 15) is 14.7 Å². The Kier molecular flexibility index (Phi) is 3.84. The van der Waals surface area contributed by atoms with E-state index < -0.39 is 17.9 Å². The van der Waals surface area contributed by atoms with E-state index in [2.05, 4.69) is 0 Å². The van der Waals surface area contributed by atoms with Gasteiger partial charge in [-0.05, 0) is 12.5 Å². The van der Waals surface area contributed by atoms with Crippen LogP contribution in [0.15, 0.2) is 54.6 Å². The molecule has 3 aromatic carbocycles. The Balaban J connectivity index is 2.07. The molecule has 1 aliphatic rings. The molecule has 1 N–H and O–H groups in total. The van der Waals surface area contributed by atoms with E-state index in [4.69, 9.17) is 9.47 Å². The quantitative estimate of drug-likeness (QED) is 0.576. The minimum atomic E-state index is -0.791. The van der Waals surface area contributed by atoms with Gasteiger partial charge in [0.2, 0.25) is 0 Å². The Morgan fingerprint density at radius 3 is 2.42 bits per heavy atom. The molecule has 4 rings (SSSR count). The lowest BCUT2D eigenvalue weighted by Crippen LogP contribution is -2.14. The zero-order valence-electron chi connectivity index (χ0n) is 14.1. The summed E-state index contributed by atoms with van der Waals surface area (Å²) in [7, 11) is 0. The van der Waals surface area contributed by atoms with Crippen molar-refractivity contribution in [1.82, 2.24) is 0 Å². The molecule has 1 heterocycles. The largest absolute Gasteiger partial charge is 0.506 e. The molecule has 0 spiro atoms. The summed E-state index contributed by atoms with van der Waals surface area (Å²) in [5.41, 5.74) is 1.03. The molecule has 0 saturated heterocycles. The van der Waals surface area contributed by atoms with Crippen molar-refractivity contribution < 1.29 is 24.2 Å². The second kappa shape index (κ2) is 6.19. The lowest BCUT2D eigenvalue weighted by atomic mass is 9.86. The molecular weight excluding hydrogens is 332 g/mol. The Labute approximate surface area is 149 Å². The van der Waals surface area contributed by atoms with Crippen molar-refractivity contribution in [1.29, 1.82) is 0 Å². The zero-order chi connectivity index (χ0) is 18.3. The van der Waals surface area contributed by atoms with E-state index >= 15 is 0 Å². The molecule has 130 valence electrons. The Bertz CT molecular complexity index is 1020. The minimum absolute atomic E-state index is 0.0137. The number of aromatic hydroxyl groups is 1. The first-order valence-electron chi connectivity index (χ1n) is 8.34. The van der Waals surface area contributed by atoms with E-state index in [1.165, 1.54) is 0 Å². The summed E-state index contributed by atoms with van der Waals surface area (Å²) < 4.78 is 10.7. The number of phenolic OH excluding ortho intramolecular Hbond substituents is 1. The maximum absolute atomic E-state index is 12.7. The fourth-order valence-corrected chi connectivity index (χ4v) is 3.43. The molecule has 0 aromatic heterocycles. The molecule has 1 aliphatic heterocycles. The van der Waals surface area contributed by atoms with Crippen molar-refractivity contribution in [3.8, 4) is 11.5 Å².